The van der Waals surface area contributed by atoms with Gasteiger partial charge < -0.3 is 15.2 Å². The molecule has 0 aliphatic carbocycles. The van der Waals surface area contributed by atoms with Crippen molar-refractivity contribution < 1.29 is 9.59 Å². The number of carbonyl (C=O) groups is 2. The van der Waals surface area contributed by atoms with Crippen LogP contribution in [0.3, 0.4) is 0 Å². The lowest BCUT2D eigenvalue weighted by atomic mass is 10.2. The van der Waals surface area contributed by atoms with Gasteiger partial charge in [-0.3, -0.25) is 9.59 Å². The summed E-state index contributed by atoms with van der Waals surface area (Å²) < 4.78 is 1.79. The Morgan fingerprint density at radius 2 is 2.07 bits per heavy atom. The van der Waals surface area contributed by atoms with Crippen molar-refractivity contribution in [2.24, 2.45) is 7.05 Å². The van der Waals surface area contributed by atoms with Crippen LogP contribution in [-0.2, 0) is 23.1 Å². The van der Waals surface area contributed by atoms with E-state index in [1.807, 2.05) is 26.1 Å². The third kappa shape index (κ3) is 6.02. The van der Waals surface area contributed by atoms with E-state index in [4.69, 9.17) is 11.6 Å². The standard InChI is InChI=1S/C18H19ClN6O2S2/c1-11-3-4-12(9-13(11)19)21-15(26)6-5-14-23-24-18(25(14)2)29-10-16(27)22-17-20-7-8-28-17/h3-4,7-9H,5-6,10H2,1-2H3,(H,21,26)(H,20,22,27). The van der Waals surface area contributed by atoms with Crippen LogP contribution in [0, 0.1) is 6.92 Å². The molecule has 3 aromatic rings. The first kappa shape index (κ1) is 21.3. The van der Waals surface area contributed by atoms with Gasteiger partial charge in [-0.1, -0.05) is 29.4 Å². The molecule has 2 N–H and O–H groups in total. The molecule has 11 heteroatoms. The number of aromatic nitrogens is 4. The van der Waals surface area contributed by atoms with E-state index in [1.54, 1.807) is 22.2 Å². The number of hydrogen-bond donors (Lipinski definition) is 2. The zero-order valence-electron chi connectivity index (χ0n) is 15.8. The predicted molar refractivity (Wildman–Crippen MR) is 116 cm³/mol. The summed E-state index contributed by atoms with van der Waals surface area (Å²) in [5.41, 5.74) is 1.61. The Labute approximate surface area is 181 Å². The van der Waals surface area contributed by atoms with Crippen LogP contribution >= 0.6 is 34.7 Å². The van der Waals surface area contributed by atoms with E-state index in [2.05, 4.69) is 25.8 Å². The Morgan fingerprint density at radius 1 is 1.24 bits per heavy atom. The number of carbonyl (C=O) groups excluding carboxylic acids is 2. The molecule has 0 spiro atoms. The van der Waals surface area contributed by atoms with Gasteiger partial charge in [0.15, 0.2) is 10.3 Å². The molecule has 0 saturated heterocycles. The monoisotopic (exact) mass is 450 g/mol. The highest BCUT2D eigenvalue weighted by atomic mass is 35.5. The maximum atomic E-state index is 12.2. The quantitative estimate of drug-likeness (QED) is 0.509. The minimum atomic E-state index is -0.161. The van der Waals surface area contributed by atoms with E-state index in [0.29, 0.717) is 33.2 Å². The number of nitrogens with one attached hydrogen (secondary N) is 2. The Morgan fingerprint density at radius 3 is 2.79 bits per heavy atom. The predicted octanol–water partition coefficient (Wildman–Crippen LogP) is 3.54. The molecule has 2 heterocycles. The molecule has 0 radical (unpaired) electrons. The van der Waals surface area contributed by atoms with Crippen molar-refractivity contribution in [3.8, 4) is 0 Å². The van der Waals surface area contributed by atoms with Gasteiger partial charge in [-0.2, -0.15) is 0 Å². The zero-order valence-corrected chi connectivity index (χ0v) is 18.2. The lowest BCUT2D eigenvalue weighted by molar-refractivity contribution is -0.116. The topological polar surface area (TPSA) is 102 Å². The average Bonchev–Trinajstić information content (AvgIpc) is 3.31. The number of amides is 2. The highest BCUT2D eigenvalue weighted by molar-refractivity contribution is 7.99. The smallest absolute Gasteiger partial charge is 0.236 e. The van der Waals surface area contributed by atoms with Crippen LogP contribution in [0.2, 0.25) is 5.02 Å². The summed E-state index contributed by atoms with van der Waals surface area (Å²) in [4.78, 5) is 28.2. The van der Waals surface area contributed by atoms with Crippen molar-refractivity contribution in [1.29, 1.82) is 0 Å². The van der Waals surface area contributed by atoms with E-state index in [1.165, 1.54) is 23.1 Å². The molecule has 152 valence electrons. The highest BCUT2D eigenvalue weighted by Crippen LogP contribution is 2.21. The fourth-order valence-corrected chi connectivity index (χ4v) is 3.83. The molecule has 2 aromatic heterocycles. The summed E-state index contributed by atoms with van der Waals surface area (Å²) in [6.45, 7) is 1.90. The number of anilines is 2. The molecule has 0 aliphatic heterocycles. The van der Waals surface area contributed by atoms with Gasteiger partial charge in [0.05, 0.1) is 5.75 Å². The normalized spacial score (nSPS) is 10.7. The van der Waals surface area contributed by atoms with Crippen LogP contribution in [0.15, 0.2) is 34.9 Å². The second-order valence-electron chi connectivity index (χ2n) is 6.14. The summed E-state index contributed by atoms with van der Waals surface area (Å²) in [5, 5.41) is 17.3. The summed E-state index contributed by atoms with van der Waals surface area (Å²) in [5.74, 6) is 0.570. The number of halogens is 1. The van der Waals surface area contributed by atoms with Gasteiger partial charge in [0, 0.05) is 42.2 Å². The number of benzene rings is 1. The number of rotatable bonds is 8. The minimum Gasteiger partial charge on any atom is -0.326 e. The van der Waals surface area contributed by atoms with Crippen LogP contribution in [-0.4, -0.2) is 37.3 Å². The molecule has 0 fully saturated rings. The first-order valence-corrected chi connectivity index (χ1v) is 10.9. The second-order valence-corrected chi connectivity index (χ2v) is 8.39. The maximum absolute atomic E-state index is 12.2. The van der Waals surface area contributed by atoms with Gasteiger partial charge in [-0.25, -0.2) is 4.98 Å². The van der Waals surface area contributed by atoms with E-state index in [-0.39, 0.29) is 24.0 Å². The van der Waals surface area contributed by atoms with E-state index in [0.717, 1.165) is 5.56 Å². The summed E-state index contributed by atoms with van der Waals surface area (Å²) >= 11 is 8.72. The van der Waals surface area contributed by atoms with Gasteiger partial charge in [-0.15, -0.1) is 21.5 Å². The van der Waals surface area contributed by atoms with Crippen molar-refractivity contribution in [2.75, 3.05) is 16.4 Å². The van der Waals surface area contributed by atoms with E-state index >= 15 is 0 Å². The molecule has 29 heavy (non-hydrogen) atoms. The highest BCUT2D eigenvalue weighted by Gasteiger charge is 2.13. The molecular formula is C18H19ClN6O2S2. The van der Waals surface area contributed by atoms with Gasteiger partial charge >= 0.3 is 0 Å². The maximum Gasteiger partial charge on any atom is 0.236 e. The van der Waals surface area contributed by atoms with Gasteiger partial charge in [0.1, 0.15) is 5.82 Å². The van der Waals surface area contributed by atoms with Crippen molar-refractivity contribution in [3.63, 3.8) is 0 Å². The number of aryl methyl sites for hydroxylation is 2. The fraction of sp³-hybridized carbons (Fsp3) is 0.278. The van der Waals surface area contributed by atoms with Crippen molar-refractivity contribution in [3.05, 3.63) is 46.2 Å². The van der Waals surface area contributed by atoms with Crippen molar-refractivity contribution >= 4 is 57.3 Å². The van der Waals surface area contributed by atoms with E-state index in [9.17, 15) is 9.59 Å². The van der Waals surface area contributed by atoms with Gasteiger partial charge in [0.25, 0.3) is 0 Å². The van der Waals surface area contributed by atoms with Crippen LogP contribution in [0.4, 0.5) is 10.8 Å². The van der Waals surface area contributed by atoms with Gasteiger partial charge in [0.2, 0.25) is 11.8 Å². The van der Waals surface area contributed by atoms with Crippen LogP contribution < -0.4 is 10.6 Å². The second kappa shape index (κ2) is 9.86. The molecule has 0 atom stereocenters. The zero-order chi connectivity index (χ0) is 20.8. The molecular weight excluding hydrogens is 432 g/mol. The Hall–Kier alpha value is -2.43. The number of nitrogens with zero attached hydrogens (tertiary/aromatic N) is 4. The summed E-state index contributed by atoms with van der Waals surface area (Å²) in [7, 11) is 1.81. The lowest BCUT2D eigenvalue weighted by Crippen LogP contribution is -2.15. The van der Waals surface area contributed by atoms with Crippen molar-refractivity contribution in [1.82, 2.24) is 19.7 Å². The first-order chi connectivity index (χ1) is 13.9. The molecule has 1 aromatic carbocycles. The average molecular weight is 451 g/mol. The Bertz CT molecular complexity index is 1010. The molecule has 2 amide bonds. The van der Waals surface area contributed by atoms with E-state index < -0.39 is 0 Å². The fourth-order valence-electron chi connectivity index (χ4n) is 2.38. The van der Waals surface area contributed by atoms with Crippen molar-refractivity contribution in [2.45, 2.75) is 24.9 Å². The summed E-state index contributed by atoms with van der Waals surface area (Å²) in [6, 6.07) is 5.39. The number of thiazole rings is 1. The molecule has 0 aliphatic rings. The molecule has 0 unspecified atom stereocenters. The van der Waals surface area contributed by atoms with Gasteiger partial charge in [-0.05, 0) is 24.6 Å². The SMILES string of the molecule is Cc1ccc(NC(=O)CCc2nnc(SCC(=O)Nc3nccs3)n2C)cc1Cl. The van der Waals surface area contributed by atoms with Crippen LogP contribution in [0.5, 0.6) is 0 Å². The largest absolute Gasteiger partial charge is 0.326 e. The molecule has 0 saturated carbocycles. The lowest BCUT2D eigenvalue weighted by Gasteiger charge is -2.07. The summed E-state index contributed by atoms with van der Waals surface area (Å²) in [6.07, 6.45) is 2.32. The third-order valence-corrected chi connectivity index (χ3v) is 6.08. The molecule has 8 nitrogen and oxygen atoms in total. The molecule has 3 rings (SSSR count). The third-order valence-electron chi connectivity index (χ3n) is 3.97. The number of thioether (sulfide) groups is 1. The minimum absolute atomic E-state index is 0.134. The number of hydrogen-bond acceptors (Lipinski definition) is 7. The van der Waals surface area contributed by atoms with Crippen LogP contribution in [0.25, 0.3) is 0 Å². The Kier molecular flexibility index (Phi) is 7.24. The Balaban J connectivity index is 1.48. The first-order valence-electron chi connectivity index (χ1n) is 8.69. The molecule has 0 bridgehead atoms. The van der Waals surface area contributed by atoms with Crippen LogP contribution in [0.1, 0.15) is 17.8 Å².